The molecule has 3 heterocycles. The molecule has 5 rings (SSSR count). The third-order valence-electron chi connectivity index (χ3n) is 4.99. The van der Waals surface area contributed by atoms with Gasteiger partial charge in [-0.05, 0) is 49.2 Å². The van der Waals surface area contributed by atoms with Gasteiger partial charge in [0.2, 0.25) is 0 Å². The highest BCUT2D eigenvalue weighted by Crippen LogP contribution is 2.28. The summed E-state index contributed by atoms with van der Waals surface area (Å²) in [5, 5.41) is 11.4. The number of anilines is 2. The van der Waals surface area contributed by atoms with Crippen LogP contribution in [-0.2, 0) is 0 Å². The summed E-state index contributed by atoms with van der Waals surface area (Å²) >= 11 is 0. The first kappa shape index (κ1) is 18.5. The van der Waals surface area contributed by atoms with E-state index >= 15 is 0 Å². The number of H-pyrrole nitrogens is 2. The van der Waals surface area contributed by atoms with Crippen LogP contribution in [0.15, 0.2) is 73.2 Å². The van der Waals surface area contributed by atoms with Crippen molar-refractivity contribution in [1.82, 2.24) is 25.1 Å². The lowest BCUT2D eigenvalue weighted by Gasteiger charge is -2.08. The van der Waals surface area contributed by atoms with Crippen molar-refractivity contribution in [3.05, 3.63) is 73.2 Å². The van der Waals surface area contributed by atoms with E-state index in [-0.39, 0.29) is 7.92 Å². The van der Waals surface area contributed by atoms with Crippen LogP contribution in [0.4, 0.5) is 11.5 Å². The van der Waals surface area contributed by atoms with Gasteiger partial charge in [0, 0.05) is 45.5 Å². The van der Waals surface area contributed by atoms with Gasteiger partial charge < -0.3 is 10.3 Å². The molecule has 0 unspecified atom stereocenters. The molecular formula is C23H21N6P. The van der Waals surface area contributed by atoms with Crippen molar-refractivity contribution < 1.29 is 0 Å². The van der Waals surface area contributed by atoms with Gasteiger partial charge in [-0.25, -0.2) is 9.97 Å². The summed E-state index contributed by atoms with van der Waals surface area (Å²) in [6, 6.07) is 18.6. The van der Waals surface area contributed by atoms with Crippen LogP contribution in [0.25, 0.3) is 33.4 Å². The molecule has 0 radical (unpaired) electrons. The van der Waals surface area contributed by atoms with E-state index in [4.69, 9.17) is 4.98 Å². The molecule has 7 heteroatoms. The number of hydrogen-bond donors (Lipinski definition) is 3. The summed E-state index contributed by atoms with van der Waals surface area (Å²) in [6.45, 7) is 4.50. The Morgan fingerprint density at radius 2 is 1.73 bits per heavy atom. The van der Waals surface area contributed by atoms with E-state index in [1.165, 1.54) is 10.8 Å². The second kappa shape index (κ2) is 7.73. The number of benzene rings is 2. The Morgan fingerprint density at radius 1 is 0.900 bits per heavy atom. The number of nitrogens with one attached hydrogen (secondary N) is 3. The molecule has 0 fully saturated rings. The Morgan fingerprint density at radius 3 is 2.50 bits per heavy atom. The van der Waals surface area contributed by atoms with E-state index in [2.05, 4.69) is 75.2 Å². The van der Waals surface area contributed by atoms with E-state index in [9.17, 15) is 0 Å². The average molecular weight is 412 g/mol. The van der Waals surface area contributed by atoms with Crippen molar-refractivity contribution in [3.63, 3.8) is 0 Å². The van der Waals surface area contributed by atoms with Gasteiger partial charge in [-0.15, -0.1) is 0 Å². The fraction of sp³-hybridized carbons (Fsp3) is 0.0870. The number of rotatable bonds is 5. The summed E-state index contributed by atoms with van der Waals surface area (Å²) in [4.78, 5) is 12.7. The Labute approximate surface area is 175 Å². The van der Waals surface area contributed by atoms with Gasteiger partial charge in [0.15, 0.2) is 5.82 Å². The molecule has 0 spiro atoms. The van der Waals surface area contributed by atoms with Crippen molar-refractivity contribution in [1.29, 1.82) is 0 Å². The molecule has 3 aromatic heterocycles. The molecule has 5 aromatic rings. The predicted octanol–water partition coefficient (Wildman–Crippen LogP) is 5.13. The van der Waals surface area contributed by atoms with E-state index in [1.807, 2.05) is 30.6 Å². The van der Waals surface area contributed by atoms with Crippen molar-refractivity contribution in [2.45, 2.75) is 0 Å². The van der Waals surface area contributed by atoms with E-state index in [0.717, 1.165) is 33.7 Å². The van der Waals surface area contributed by atoms with Gasteiger partial charge in [-0.2, -0.15) is 5.10 Å². The van der Waals surface area contributed by atoms with Crippen LogP contribution in [0.2, 0.25) is 0 Å². The molecule has 6 nitrogen and oxygen atoms in total. The fourth-order valence-electron chi connectivity index (χ4n) is 3.36. The molecule has 0 amide bonds. The SMILES string of the molecule is CP(C)c1cc2ccc(-c3nccc(Nc4ccc(-c5cn[nH]c5)cc4)n3)cc2[nH]1. The van der Waals surface area contributed by atoms with Gasteiger partial charge in [0.25, 0.3) is 0 Å². The average Bonchev–Trinajstić information content (AvgIpc) is 3.44. The van der Waals surface area contributed by atoms with Gasteiger partial charge in [-0.3, -0.25) is 5.10 Å². The number of fused-ring (bicyclic) bond motifs is 1. The zero-order valence-corrected chi connectivity index (χ0v) is 17.6. The molecule has 3 N–H and O–H groups in total. The molecule has 0 aliphatic rings. The van der Waals surface area contributed by atoms with Crippen LogP contribution in [-0.4, -0.2) is 38.5 Å². The first-order valence-corrected chi connectivity index (χ1v) is 11.9. The molecule has 0 aliphatic heterocycles. The summed E-state index contributed by atoms with van der Waals surface area (Å²) < 4.78 is 0. The minimum Gasteiger partial charge on any atom is -0.355 e. The second-order valence-electron chi connectivity index (χ2n) is 7.31. The smallest absolute Gasteiger partial charge is 0.161 e. The molecular weight excluding hydrogens is 391 g/mol. The number of aromatic amines is 2. The highest BCUT2D eigenvalue weighted by atomic mass is 31.1. The van der Waals surface area contributed by atoms with Crippen molar-refractivity contribution in [3.8, 4) is 22.5 Å². The first-order valence-electron chi connectivity index (χ1n) is 9.65. The normalized spacial score (nSPS) is 11.3. The van der Waals surface area contributed by atoms with Crippen LogP contribution in [0.1, 0.15) is 0 Å². The summed E-state index contributed by atoms with van der Waals surface area (Å²) in [5.74, 6) is 1.46. The number of nitrogens with zero attached hydrogens (tertiary/aromatic N) is 3. The number of aromatic nitrogens is 5. The lowest BCUT2D eigenvalue weighted by molar-refractivity contribution is 1.09. The fourth-order valence-corrected chi connectivity index (χ4v) is 4.10. The highest BCUT2D eigenvalue weighted by molar-refractivity contribution is 7.63. The molecule has 0 saturated heterocycles. The van der Waals surface area contributed by atoms with Crippen LogP contribution < -0.4 is 10.8 Å². The largest absolute Gasteiger partial charge is 0.355 e. The van der Waals surface area contributed by atoms with E-state index in [0.29, 0.717) is 5.82 Å². The Hall–Kier alpha value is -3.50. The van der Waals surface area contributed by atoms with Crippen molar-refractivity contribution in [2.24, 2.45) is 0 Å². The molecule has 148 valence electrons. The maximum Gasteiger partial charge on any atom is 0.161 e. The van der Waals surface area contributed by atoms with Gasteiger partial charge >= 0.3 is 0 Å². The molecule has 0 aliphatic carbocycles. The third-order valence-corrected chi connectivity index (χ3v) is 6.20. The molecule has 0 atom stereocenters. The highest BCUT2D eigenvalue weighted by Gasteiger charge is 2.08. The predicted molar refractivity (Wildman–Crippen MR) is 125 cm³/mol. The second-order valence-corrected chi connectivity index (χ2v) is 9.58. The minimum absolute atomic E-state index is 0.156. The van der Waals surface area contributed by atoms with Crippen LogP contribution >= 0.6 is 7.92 Å². The number of hydrogen-bond acceptors (Lipinski definition) is 4. The maximum atomic E-state index is 4.71. The lowest BCUT2D eigenvalue weighted by Crippen LogP contribution is -1.97. The third kappa shape index (κ3) is 3.70. The Kier molecular flexibility index (Phi) is 4.77. The topological polar surface area (TPSA) is 82.3 Å². The summed E-state index contributed by atoms with van der Waals surface area (Å²) in [5.41, 5.74) is 6.55. The zero-order valence-electron chi connectivity index (χ0n) is 16.7. The van der Waals surface area contributed by atoms with Gasteiger partial charge in [0.05, 0.1) is 6.20 Å². The summed E-state index contributed by atoms with van der Waals surface area (Å²) in [7, 11) is -0.156. The Balaban J connectivity index is 1.39. The van der Waals surface area contributed by atoms with Crippen LogP contribution in [0.5, 0.6) is 0 Å². The van der Waals surface area contributed by atoms with Crippen LogP contribution in [0, 0.1) is 0 Å². The maximum absolute atomic E-state index is 4.71. The van der Waals surface area contributed by atoms with Crippen molar-refractivity contribution >= 4 is 35.8 Å². The molecule has 0 saturated carbocycles. The van der Waals surface area contributed by atoms with Crippen molar-refractivity contribution in [2.75, 3.05) is 18.6 Å². The lowest BCUT2D eigenvalue weighted by atomic mass is 10.1. The molecule has 30 heavy (non-hydrogen) atoms. The molecule has 2 aromatic carbocycles. The zero-order chi connectivity index (χ0) is 20.5. The monoisotopic (exact) mass is 412 g/mol. The van der Waals surface area contributed by atoms with Gasteiger partial charge in [0.1, 0.15) is 5.82 Å². The first-order chi connectivity index (χ1) is 14.7. The minimum atomic E-state index is -0.156. The van der Waals surface area contributed by atoms with Gasteiger partial charge in [-0.1, -0.05) is 32.2 Å². The Bertz CT molecular complexity index is 1290. The summed E-state index contributed by atoms with van der Waals surface area (Å²) in [6.07, 6.45) is 5.47. The quantitative estimate of drug-likeness (QED) is 0.350. The molecule has 0 bridgehead atoms. The van der Waals surface area contributed by atoms with E-state index < -0.39 is 0 Å². The van der Waals surface area contributed by atoms with E-state index in [1.54, 1.807) is 6.20 Å². The van der Waals surface area contributed by atoms with Crippen LogP contribution in [0.3, 0.4) is 0 Å². The standard InChI is InChI=1S/C23H21N6P/c1-30(2)22-12-16-3-4-17(11-20(16)28-22)23-24-10-9-21(29-23)27-19-7-5-15(6-8-19)18-13-25-26-14-18/h3-14,28H,1-2H3,(H,25,26)(H,24,27,29).